The molecule has 5 nitrogen and oxygen atoms in total. The Morgan fingerprint density at radius 3 is 2.53 bits per heavy atom. The molecule has 0 spiro atoms. The lowest BCUT2D eigenvalue weighted by Gasteiger charge is -2.35. The number of esters is 1. The monoisotopic (exact) mass is 443 g/mol. The van der Waals surface area contributed by atoms with Crippen molar-refractivity contribution in [2.45, 2.75) is 38.5 Å². The fourth-order valence-electron chi connectivity index (χ4n) is 4.19. The Balaban J connectivity index is 1.66. The average molecular weight is 444 g/mol. The number of carbonyl (C=O) groups is 2. The van der Waals surface area contributed by atoms with Crippen molar-refractivity contribution < 1.29 is 19.1 Å². The first-order chi connectivity index (χ1) is 14.6. The summed E-state index contributed by atoms with van der Waals surface area (Å²) in [4.78, 5) is 28.6. The molecular formula is C23H25NO4S2. The van der Waals surface area contributed by atoms with E-state index in [-0.39, 0.29) is 24.2 Å². The number of nitrogens with one attached hydrogen (secondary N) is 1. The van der Waals surface area contributed by atoms with Crippen LogP contribution < -0.4 is 5.32 Å². The highest BCUT2D eigenvalue weighted by Gasteiger charge is 2.41. The molecule has 2 atom stereocenters. The van der Waals surface area contributed by atoms with Crippen LogP contribution in [0.3, 0.4) is 0 Å². The molecule has 0 amide bonds. The molecule has 4 rings (SSSR count). The van der Waals surface area contributed by atoms with Gasteiger partial charge in [0.25, 0.3) is 0 Å². The standard InChI is InChI=1S/C23H25NO4S2/c1-3-27-8-9-28-23(26)20-14(2)24-16-12-15(18-6-4-10-29-18)13-17(25)21(16)22(20)19-7-5-11-30-19/h4-7,10-11,15,22,24H,3,8-9,12-13H2,1-2H3/t15-,22+/m1/s1. The molecule has 0 aromatic carbocycles. The molecule has 0 bridgehead atoms. The van der Waals surface area contributed by atoms with E-state index in [9.17, 15) is 9.59 Å². The van der Waals surface area contributed by atoms with Crippen LogP contribution in [-0.4, -0.2) is 31.6 Å². The Bertz CT molecular complexity index is 973. The maximum Gasteiger partial charge on any atom is 0.336 e. The molecule has 2 aromatic heterocycles. The zero-order chi connectivity index (χ0) is 21.1. The maximum atomic E-state index is 13.3. The van der Waals surface area contributed by atoms with Crippen molar-refractivity contribution in [2.75, 3.05) is 19.8 Å². The summed E-state index contributed by atoms with van der Waals surface area (Å²) in [5.74, 6) is -0.483. The fraction of sp³-hybridized carbons (Fsp3) is 0.391. The lowest BCUT2D eigenvalue weighted by molar-refractivity contribution is -0.140. The summed E-state index contributed by atoms with van der Waals surface area (Å²) in [6.07, 6.45) is 1.24. The summed E-state index contributed by atoms with van der Waals surface area (Å²) in [7, 11) is 0. The highest BCUT2D eigenvalue weighted by atomic mass is 32.1. The summed E-state index contributed by atoms with van der Waals surface area (Å²) in [6.45, 7) is 4.93. The van der Waals surface area contributed by atoms with Crippen LogP contribution in [0.4, 0.5) is 0 Å². The van der Waals surface area contributed by atoms with E-state index in [0.717, 1.165) is 22.7 Å². The zero-order valence-corrected chi connectivity index (χ0v) is 18.7. The highest BCUT2D eigenvalue weighted by molar-refractivity contribution is 7.10. The number of Topliss-reactive ketones (excluding diaryl/α,β-unsaturated/α-hetero) is 1. The first-order valence-electron chi connectivity index (χ1n) is 10.2. The first-order valence-corrected chi connectivity index (χ1v) is 11.9. The SMILES string of the molecule is CCOCCOC(=O)C1=C(C)NC2=C(C(=O)C[C@H](c3cccs3)C2)[C@H]1c1cccs1. The van der Waals surface area contributed by atoms with Crippen molar-refractivity contribution in [3.8, 4) is 0 Å². The molecule has 0 saturated heterocycles. The molecule has 30 heavy (non-hydrogen) atoms. The normalized spacial score (nSPS) is 21.5. The van der Waals surface area contributed by atoms with Crippen LogP contribution in [0.1, 0.15) is 48.3 Å². The van der Waals surface area contributed by atoms with E-state index < -0.39 is 5.97 Å². The molecule has 1 aliphatic heterocycles. The van der Waals surface area contributed by atoms with Crippen LogP contribution in [0.2, 0.25) is 0 Å². The number of thiophene rings is 2. The van der Waals surface area contributed by atoms with E-state index in [4.69, 9.17) is 9.47 Å². The number of allylic oxidation sites excluding steroid dienone is 3. The third-order valence-corrected chi connectivity index (χ3v) is 7.46. The molecule has 7 heteroatoms. The van der Waals surface area contributed by atoms with E-state index in [2.05, 4.69) is 11.4 Å². The molecule has 158 valence electrons. The number of hydrogen-bond donors (Lipinski definition) is 1. The number of hydrogen-bond acceptors (Lipinski definition) is 7. The van der Waals surface area contributed by atoms with E-state index in [1.54, 1.807) is 22.7 Å². The van der Waals surface area contributed by atoms with E-state index in [0.29, 0.717) is 30.8 Å². The van der Waals surface area contributed by atoms with E-state index in [1.165, 1.54) is 4.88 Å². The van der Waals surface area contributed by atoms with Gasteiger partial charge in [-0.3, -0.25) is 4.79 Å². The van der Waals surface area contributed by atoms with Crippen LogP contribution in [0.5, 0.6) is 0 Å². The van der Waals surface area contributed by atoms with Gasteiger partial charge in [-0.05, 0) is 43.2 Å². The summed E-state index contributed by atoms with van der Waals surface area (Å²) in [5, 5.41) is 7.41. The Morgan fingerprint density at radius 2 is 1.87 bits per heavy atom. The molecule has 0 fully saturated rings. The number of rotatable bonds is 7. The molecular weight excluding hydrogens is 418 g/mol. The summed E-state index contributed by atoms with van der Waals surface area (Å²) >= 11 is 3.25. The molecule has 1 N–H and O–H groups in total. The van der Waals surface area contributed by atoms with Gasteiger partial charge in [-0.1, -0.05) is 12.1 Å². The van der Waals surface area contributed by atoms with E-state index in [1.807, 2.05) is 42.8 Å². The second-order valence-corrected chi connectivity index (χ2v) is 9.34. The first kappa shape index (κ1) is 21.0. The van der Waals surface area contributed by atoms with Gasteiger partial charge in [0.05, 0.1) is 18.1 Å². The summed E-state index contributed by atoms with van der Waals surface area (Å²) in [6, 6.07) is 8.07. The Kier molecular flexibility index (Phi) is 6.51. The van der Waals surface area contributed by atoms with Crippen molar-refractivity contribution >= 4 is 34.4 Å². The van der Waals surface area contributed by atoms with Gasteiger partial charge in [-0.15, -0.1) is 22.7 Å². The second kappa shape index (κ2) is 9.29. The predicted molar refractivity (Wildman–Crippen MR) is 119 cm³/mol. The summed E-state index contributed by atoms with van der Waals surface area (Å²) < 4.78 is 10.8. The molecule has 3 heterocycles. The number of ketones is 1. The summed E-state index contributed by atoms with van der Waals surface area (Å²) in [5.41, 5.74) is 2.93. The Labute approximate surface area is 184 Å². The van der Waals surface area contributed by atoms with Gasteiger partial charge in [0.2, 0.25) is 0 Å². The van der Waals surface area contributed by atoms with Gasteiger partial charge >= 0.3 is 5.97 Å². The molecule has 0 unspecified atom stereocenters. The van der Waals surface area contributed by atoms with Gasteiger partial charge < -0.3 is 14.8 Å². The van der Waals surface area contributed by atoms with Crippen LogP contribution in [-0.2, 0) is 19.1 Å². The smallest absolute Gasteiger partial charge is 0.336 e. The molecule has 0 saturated carbocycles. The predicted octanol–water partition coefficient (Wildman–Crippen LogP) is 4.75. The molecule has 0 radical (unpaired) electrons. The van der Waals surface area contributed by atoms with Crippen molar-refractivity contribution in [1.29, 1.82) is 0 Å². The number of carbonyl (C=O) groups excluding carboxylic acids is 2. The lowest BCUT2D eigenvalue weighted by atomic mass is 9.74. The van der Waals surface area contributed by atoms with Gasteiger partial charge in [-0.25, -0.2) is 4.79 Å². The lowest BCUT2D eigenvalue weighted by Crippen LogP contribution is -2.36. The fourth-order valence-corrected chi connectivity index (χ4v) is 5.86. The maximum absolute atomic E-state index is 13.3. The van der Waals surface area contributed by atoms with Crippen LogP contribution in [0.15, 0.2) is 57.6 Å². The quantitative estimate of drug-likeness (QED) is 0.494. The second-order valence-electron chi connectivity index (χ2n) is 7.38. The average Bonchev–Trinajstić information content (AvgIpc) is 3.44. The molecule has 2 aromatic rings. The van der Waals surface area contributed by atoms with Gasteiger partial charge in [0.1, 0.15) is 6.61 Å². The van der Waals surface area contributed by atoms with Crippen LogP contribution >= 0.6 is 22.7 Å². The number of dihydropyridines is 1. The van der Waals surface area contributed by atoms with Crippen LogP contribution in [0.25, 0.3) is 0 Å². The van der Waals surface area contributed by atoms with Crippen molar-refractivity contribution in [3.63, 3.8) is 0 Å². The highest BCUT2D eigenvalue weighted by Crippen LogP contribution is 2.47. The topological polar surface area (TPSA) is 64.6 Å². The minimum absolute atomic E-state index is 0.104. The third-order valence-electron chi connectivity index (χ3n) is 5.49. The van der Waals surface area contributed by atoms with Crippen molar-refractivity contribution in [3.05, 3.63) is 67.3 Å². The van der Waals surface area contributed by atoms with Crippen molar-refractivity contribution in [2.24, 2.45) is 0 Å². The van der Waals surface area contributed by atoms with E-state index >= 15 is 0 Å². The largest absolute Gasteiger partial charge is 0.460 e. The zero-order valence-electron chi connectivity index (χ0n) is 17.1. The van der Waals surface area contributed by atoms with Gasteiger partial charge in [0, 0.05) is 45.7 Å². The Morgan fingerprint density at radius 1 is 1.13 bits per heavy atom. The molecule has 1 aliphatic carbocycles. The van der Waals surface area contributed by atoms with Crippen molar-refractivity contribution in [1.82, 2.24) is 5.32 Å². The number of ether oxygens (including phenoxy) is 2. The minimum Gasteiger partial charge on any atom is -0.460 e. The van der Waals surface area contributed by atoms with Gasteiger partial charge in [-0.2, -0.15) is 0 Å². The van der Waals surface area contributed by atoms with Crippen LogP contribution in [0, 0.1) is 0 Å². The Hall–Kier alpha value is -2.22. The van der Waals surface area contributed by atoms with Gasteiger partial charge in [0.15, 0.2) is 5.78 Å². The molecule has 2 aliphatic rings. The minimum atomic E-state index is -0.391. The third kappa shape index (κ3) is 4.15.